The van der Waals surface area contributed by atoms with E-state index in [2.05, 4.69) is 25.8 Å². The van der Waals surface area contributed by atoms with E-state index in [-0.39, 0.29) is 24.9 Å². The third kappa shape index (κ3) is 8.28. The van der Waals surface area contributed by atoms with Crippen LogP contribution in [0.4, 0.5) is 0 Å². The van der Waals surface area contributed by atoms with Crippen molar-refractivity contribution >= 4 is 5.96 Å². The van der Waals surface area contributed by atoms with E-state index in [1.807, 2.05) is 38.1 Å². The number of aromatic nitrogens is 2. The molecule has 0 radical (unpaired) electrons. The summed E-state index contributed by atoms with van der Waals surface area (Å²) in [6.45, 7) is 4.61. The number of guanidine groups is 1. The van der Waals surface area contributed by atoms with Gasteiger partial charge in [0.25, 0.3) is 0 Å². The van der Waals surface area contributed by atoms with E-state index in [0.717, 1.165) is 16.8 Å². The van der Waals surface area contributed by atoms with Crippen molar-refractivity contribution in [2.24, 2.45) is 4.99 Å². The molecule has 220 valence electrons. The molecule has 1 aromatic carbocycles. The molecule has 3 rings (SSSR count). The second-order valence-corrected chi connectivity index (χ2v) is 9.55. The number of rotatable bonds is 13. The third-order valence-electron chi connectivity index (χ3n) is 6.27. The molecule has 40 heavy (non-hydrogen) atoms. The number of H-pyrrole nitrogens is 1. The number of hydrogen-bond acceptors (Lipinski definition) is 11. The molecule has 0 aliphatic carbocycles. The van der Waals surface area contributed by atoms with Crippen LogP contribution in [0.25, 0.3) is 0 Å². The summed E-state index contributed by atoms with van der Waals surface area (Å²) in [4.78, 5) is 3.61. The molecule has 1 aromatic heterocycles. The van der Waals surface area contributed by atoms with Crippen molar-refractivity contribution in [1.29, 1.82) is 5.26 Å². The SMILES string of the molecule is CC(C)c1[nH]nc(O[C@@H]2O[C@H](CO)[C@@H](O)[C@H](O)[C@H]2O)c1Cc1ccc(OCCCN/C(=N\C#N)NCCO)cc1. The smallest absolute Gasteiger partial charge is 0.238 e. The van der Waals surface area contributed by atoms with E-state index in [1.54, 1.807) is 6.19 Å². The quantitative estimate of drug-likeness (QED) is 0.0643. The second kappa shape index (κ2) is 15.4. The molecule has 2 aromatic rings. The number of aliphatic hydroxyl groups excluding tert-OH is 5. The Hall–Kier alpha value is -3.45. The zero-order valence-electron chi connectivity index (χ0n) is 22.5. The van der Waals surface area contributed by atoms with E-state index in [9.17, 15) is 20.4 Å². The van der Waals surface area contributed by atoms with Crippen LogP contribution in [0.15, 0.2) is 29.3 Å². The minimum Gasteiger partial charge on any atom is -0.494 e. The number of nitrogens with one attached hydrogen (secondary N) is 3. The van der Waals surface area contributed by atoms with Gasteiger partial charge < -0.3 is 50.4 Å². The summed E-state index contributed by atoms with van der Waals surface area (Å²) in [5.41, 5.74) is 2.53. The molecular weight excluding hydrogens is 524 g/mol. The second-order valence-electron chi connectivity index (χ2n) is 9.55. The van der Waals surface area contributed by atoms with Crippen molar-refractivity contribution < 1.29 is 39.7 Å². The zero-order chi connectivity index (χ0) is 29.1. The van der Waals surface area contributed by atoms with Gasteiger partial charge in [-0.15, -0.1) is 10.1 Å². The lowest BCUT2D eigenvalue weighted by Crippen LogP contribution is -2.60. The topological polar surface area (TPSA) is 218 Å². The molecule has 0 amide bonds. The minimum absolute atomic E-state index is 0.0722. The van der Waals surface area contributed by atoms with Crippen LogP contribution >= 0.6 is 0 Å². The first kappa shape index (κ1) is 31.1. The molecule has 14 heteroatoms. The summed E-state index contributed by atoms with van der Waals surface area (Å²) < 4.78 is 17.1. The fraction of sp³-hybridized carbons (Fsp3) is 0.577. The number of aliphatic hydroxyl groups is 5. The molecule has 5 atom stereocenters. The van der Waals surface area contributed by atoms with Gasteiger partial charge in [0.15, 0.2) is 0 Å². The molecular formula is C26H38N6O8. The normalized spacial score (nSPS) is 23.1. The van der Waals surface area contributed by atoms with Gasteiger partial charge >= 0.3 is 0 Å². The molecule has 1 fully saturated rings. The first-order chi connectivity index (χ1) is 19.3. The van der Waals surface area contributed by atoms with Gasteiger partial charge in [-0.05, 0) is 30.0 Å². The Labute approximate surface area is 232 Å². The van der Waals surface area contributed by atoms with E-state index in [1.165, 1.54) is 0 Å². The van der Waals surface area contributed by atoms with Crippen molar-refractivity contribution in [3.8, 4) is 17.8 Å². The molecule has 0 bridgehead atoms. The van der Waals surface area contributed by atoms with Crippen LogP contribution < -0.4 is 20.1 Å². The highest BCUT2D eigenvalue weighted by Crippen LogP contribution is 2.31. The highest BCUT2D eigenvalue weighted by atomic mass is 16.7. The number of nitriles is 1. The van der Waals surface area contributed by atoms with E-state index >= 15 is 0 Å². The van der Waals surface area contributed by atoms with Crippen molar-refractivity contribution in [1.82, 2.24) is 20.8 Å². The summed E-state index contributed by atoms with van der Waals surface area (Å²) in [7, 11) is 0. The van der Waals surface area contributed by atoms with Crippen molar-refractivity contribution in [2.75, 3.05) is 32.9 Å². The van der Waals surface area contributed by atoms with E-state index in [4.69, 9.17) is 24.6 Å². The molecule has 0 spiro atoms. The average Bonchev–Trinajstić information content (AvgIpc) is 3.34. The summed E-state index contributed by atoms with van der Waals surface area (Å²) in [5, 5.41) is 70.6. The van der Waals surface area contributed by atoms with Gasteiger partial charge in [-0.1, -0.05) is 26.0 Å². The van der Waals surface area contributed by atoms with Gasteiger partial charge in [0, 0.05) is 30.8 Å². The Bertz CT molecular complexity index is 1120. The summed E-state index contributed by atoms with van der Waals surface area (Å²) >= 11 is 0. The molecule has 1 aliphatic rings. The van der Waals surface area contributed by atoms with Gasteiger partial charge in [-0.3, -0.25) is 5.10 Å². The first-order valence-corrected chi connectivity index (χ1v) is 13.1. The van der Waals surface area contributed by atoms with Gasteiger partial charge in [0.05, 0.1) is 19.8 Å². The van der Waals surface area contributed by atoms with E-state index in [0.29, 0.717) is 37.7 Å². The Kier molecular flexibility index (Phi) is 11.9. The maximum Gasteiger partial charge on any atom is 0.238 e. The zero-order valence-corrected chi connectivity index (χ0v) is 22.5. The summed E-state index contributed by atoms with van der Waals surface area (Å²) in [5.74, 6) is 1.26. The number of ether oxygens (including phenoxy) is 3. The number of nitrogens with zero attached hydrogens (tertiary/aromatic N) is 3. The van der Waals surface area contributed by atoms with Crippen LogP contribution in [0.1, 0.15) is 43.0 Å². The standard InChI is InChI=1S/C26H38N6O8/c1-15(2)20-18(24(32-31-20)40-25-23(37)22(36)21(35)19(13-34)39-25)12-16-4-6-17(7-5-16)38-11-3-8-28-26(30-14-27)29-9-10-33/h4-7,15,19,21-23,25,33-37H,3,8-13H2,1-2H3,(H,31,32)(H2,28,29,30)/t19-,21-,22+,23-,25+/m1/s1. The molecule has 0 unspecified atom stereocenters. The Morgan fingerprint density at radius 3 is 2.50 bits per heavy atom. The minimum atomic E-state index is -1.55. The molecule has 1 aliphatic heterocycles. The Balaban J connectivity index is 1.59. The van der Waals surface area contributed by atoms with Crippen LogP contribution in [-0.2, 0) is 11.2 Å². The monoisotopic (exact) mass is 562 g/mol. The van der Waals surface area contributed by atoms with Gasteiger partial charge in [-0.2, -0.15) is 5.26 Å². The van der Waals surface area contributed by atoms with Gasteiger partial charge in [0.1, 0.15) is 30.2 Å². The largest absolute Gasteiger partial charge is 0.494 e. The van der Waals surface area contributed by atoms with Crippen LogP contribution in [0, 0.1) is 11.5 Å². The van der Waals surface area contributed by atoms with Gasteiger partial charge in [0.2, 0.25) is 24.3 Å². The van der Waals surface area contributed by atoms with Crippen LogP contribution in [0.2, 0.25) is 0 Å². The fourth-order valence-electron chi connectivity index (χ4n) is 4.12. The highest BCUT2D eigenvalue weighted by Gasteiger charge is 2.45. The number of aliphatic imine (C=N–C) groups is 1. The first-order valence-electron chi connectivity index (χ1n) is 13.1. The molecule has 14 nitrogen and oxygen atoms in total. The van der Waals surface area contributed by atoms with Crippen molar-refractivity contribution in [3.63, 3.8) is 0 Å². The average molecular weight is 563 g/mol. The predicted octanol–water partition coefficient (Wildman–Crippen LogP) is -0.920. The van der Waals surface area contributed by atoms with Crippen LogP contribution in [0.3, 0.4) is 0 Å². The summed E-state index contributed by atoms with van der Waals surface area (Å²) in [6.07, 6.45) is -4.21. The van der Waals surface area contributed by atoms with E-state index < -0.39 is 37.3 Å². The number of benzene rings is 1. The van der Waals surface area contributed by atoms with Crippen LogP contribution in [0.5, 0.6) is 11.6 Å². The highest BCUT2D eigenvalue weighted by molar-refractivity contribution is 5.80. The van der Waals surface area contributed by atoms with Crippen molar-refractivity contribution in [3.05, 3.63) is 41.1 Å². The Morgan fingerprint density at radius 2 is 1.85 bits per heavy atom. The fourth-order valence-corrected chi connectivity index (χ4v) is 4.12. The lowest BCUT2D eigenvalue weighted by atomic mass is 9.98. The number of aromatic amines is 1. The van der Waals surface area contributed by atoms with Gasteiger partial charge in [-0.25, -0.2) is 0 Å². The summed E-state index contributed by atoms with van der Waals surface area (Å²) in [6, 6.07) is 7.53. The number of hydrogen-bond donors (Lipinski definition) is 8. The Morgan fingerprint density at radius 1 is 1.12 bits per heavy atom. The molecule has 8 N–H and O–H groups in total. The predicted molar refractivity (Wildman–Crippen MR) is 143 cm³/mol. The van der Waals surface area contributed by atoms with Crippen molar-refractivity contribution in [2.45, 2.75) is 63.3 Å². The molecule has 1 saturated heterocycles. The molecule has 0 saturated carbocycles. The lowest BCUT2D eigenvalue weighted by molar-refractivity contribution is -0.278. The third-order valence-corrected chi connectivity index (χ3v) is 6.27. The molecule has 2 heterocycles. The maximum absolute atomic E-state index is 10.4. The lowest BCUT2D eigenvalue weighted by Gasteiger charge is -2.39. The maximum atomic E-state index is 10.4. The van der Waals surface area contributed by atoms with Crippen LogP contribution in [-0.4, -0.2) is 105 Å².